The lowest BCUT2D eigenvalue weighted by molar-refractivity contribution is -0.267. The number of ether oxygens (including phenoxy) is 1. The van der Waals surface area contributed by atoms with Crippen LogP contribution in [0, 0.1) is 0 Å². The molecule has 1 N–H and O–H groups in total. The molecular weight excluding hydrogens is 292 g/mol. The first-order valence-corrected chi connectivity index (χ1v) is 9.28. The number of unbranched alkanes of at least 4 members (excludes halogenated alkanes) is 9. The second-order valence-electron chi connectivity index (χ2n) is 6.16. The minimum atomic E-state index is -0.156. The maximum atomic E-state index is 10.9. The molecule has 0 aliphatic rings. The lowest BCUT2D eigenvalue weighted by Crippen LogP contribution is -2.06. The molecule has 0 saturated heterocycles. The number of esters is 1. The van der Waals surface area contributed by atoms with Gasteiger partial charge in [-0.2, -0.15) is 0 Å². The van der Waals surface area contributed by atoms with Crippen LogP contribution in [0.5, 0.6) is 0 Å². The summed E-state index contributed by atoms with van der Waals surface area (Å²) in [6.45, 7) is 2.21. The summed E-state index contributed by atoms with van der Waals surface area (Å²) in [5.41, 5.74) is 0. The number of carbonyl (C=O) groups is 1. The summed E-state index contributed by atoms with van der Waals surface area (Å²) in [7, 11) is 1.43. The minimum absolute atomic E-state index is 0.113. The Labute approximate surface area is 142 Å². The van der Waals surface area contributed by atoms with Gasteiger partial charge in [0, 0.05) is 6.42 Å². The molecule has 0 fully saturated rings. The van der Waals surface area contributed by atoms with Gasteiger partial charge in [0.05, 0.1) is 7.11 Å². The Morgan fingerprint density at radius 1 is 1.00 bits per heavy atom. The Morgan fingerprint density at radius 2 is 1.65 bits per heavy atom. The Hall–Kier alpha value is -0.870. The average Bonchev–Trinajstić information content (AvgIpc) is 2.57. The van der Waals surface area contributed by atoms with E-state index in [1.54, 1.807) is 0 Å². The van der Waals surface area contributed by atoms with Crippen LogP contribution in [0.1, 0.15) is 90.4 Å². The van der Waals surface area contributed by atoms with Crippen LogP contribution in [0.15, 0.2) is 12.2 Å². The number of methoxy groups -OCH3 is 1. The fourth-order valence-corrected chi connectivity index (χ4v) is 2.55. The van der Waals surface area contributed by atoms with E-state index < -0.39 is 0 Å². The Balaban J connectivity index is 3.46. The molecular formula is C19H36O4. The van der Waals surface area contributed by atoms with E-state index in [0.717, 1.165) is 44.9 Å². The second-order valence-corrected chi connectivity index (χ2v) is 6.16. The summed E-state index contributed by atoms with van der Waals surface area (Å²) in [5.74, 6) is -0.113. The molecule has 1 atom stereocenters. The van der Waals surface area contributed by atoms with Crippen LogP contribution in [0.25, 0.3) is 0 Å². The maximum Gasteiger partial charge on any atom is 0.305 e. The van der Waals surface area contributed by atoms with Crippen molar-refractivity contribution in [2.45, 2.75) is 96.5 Å². The van der Waals surface area contributed by atoms with Crippen molar-refractivity contribution < 1.29 is 19.7 Å². The van der Waals surface area contributed by atoms with Crippen molar-refractivity contribution in [3.8, 4) is 0 Å². The first-order chi connectivity index (χ1) is 11.2. The van der Waals surface area contributed by atoms with Crippen molar-refractivity contribution in [2.75, 3.05) is 7.11 Å². The predicted molar refractivity (Wildman–Crippen MR) is 94.4 cm³/mol. The number of allylic oxidation sites excluding steroid dienone is 1. The van der Waals surface area contributed by atoms with Gasteiger partial charge in [-0.1, -0.05) is 70.4 Å². The lowest BCUT2D eigenvalue weighted by Gasteiger charge is -2.08. The van der Waals surface area contributed by atoms with Crippen molar-refractivity contribution in [1.82, 2.24) is 0 Å². The largest absolute Gasteiger partial charge is 0.469 e. The molecule has 0 radical (unpaired) electrons. The fraction of sp³-hybridized carbons (Fsp3) is 0.842. The van der Waals surface area contributed by atoms with E-state index in [0.29, 0.717) is 6.42 Å². The van der Waals surface area contributed by atoms with E-state index in [1.165, 1.54) is 39.2 Å². The molecule has 4 heteroatoms. The third-order valence-electron chi connectivity index (χ3n) is 4.06. The number of hydrogen-bond acceptors (Lipinski definition) is 4. The molecule has 4 nitrogen and oxygen atoms in total. The van der Waals surface area contributed by atoms with Gasteiger partial charge in [-0.15, -0.1) is 0 Å². The van der Waals surface area contributed by atoms with Crippen LogP contribution in [-0.2, 0) is 14.4 Å². The summed E-state index contributed by atoms with van der Waals surface area (Å²) >= 11 is 0. The third-order valence-corrected chi connectivity index (χ3v) is 4.06. The highest BCUT2D eigenvalue weighted by atomic mass is 17.1. The van der Waals surface area contributed by atoms with Crippen LogP contribution >= 0.6 is 0 Å². The van der Waals surface area contributed by atoms with E-state index in [-0.39, 0.29) is 12.1 Å². The molecule has 0 aliphatic carbocycles. The molecule has 0 rings (SSSR count). The van der Waals surface area contributed by atoms with E-state index in [4.69, 9.17) is 5.26 Å². The van der Waals surface area contributed by atoms with Crippen molar-refractivity contribution in [1.29, 1.82) is 0 Å². The van der Waals surface area contributed by atoms with E-state index in [9.17, 15) is 4.79 Å². The zero-order valence-corrected chi connectivity index (χ0v) is 15.1. The molecule has 23 heavy (non-hydrogen) atoms. The molecule has 0 aromatic carbocycles. The van der Waals surface area contributed by atoms with Gasteiger partial charge in [0.25, 0.3) is 0 Å². The van der Waals surface area contributed by atoms with Gasteiger partial charge in [-0.3, -0.25) is 10.1 Å². The van der Waals surface area contributed by atoms with Crippen LogP contribution in [0.2, 0.25) is 0 Å². The highest BCUT2D eigenvalue weighted by Crippen LogP contribution is 2.12. The fourth-order valence-electron chi connectivity index (χ4n) is 2.55. The van der Waals surface area contributed by atoms with Gasteiger partial charge in [-0.05, 0) is 25.7 Å². The molecule has 1 unspecified atom stereocenters. The normalized spacial score (nSPS) is 12.7. The Morgan fingerprint density at radius 3 is 2.35 bits per heavy atom. The monoisotopic (exact) mass is 328 g/mol. The van der Waals surface area contributed by atoms with Gasteiger partial charge in [-0.25, -0.2) is 4.89 Å². The van der Waals surface area contributed by atoms with Gasteiger partial charge in [0.2, 0.25) is 0 Å². The van der Waals surface area contributed by atoms with Crippen LogP contribution in [-0.4, -0.2) is 24.4 Å². The van der Waals surface area contributed by atoms with Crippen LogP contribution in [0.4, 0.5) is 0 Å². The summed E-state index contributed by atoms with van der Waals surface area (Å²) in [6.07, 6.45) is 18.0. The molecule has 0 aromatic rings. The maximum absolute atomic E-state index is 10.9. The number of rotatable bonds is 16. The van der Waals surface area contributed by atoms with Gasteiger partial charge >= 0.3 is 5.97 Å². The second kappa shape index (κ2) is 17.5. The van der Waals surface area contributed by atoms with Gasteiger partial charge in [0.1, 0.15) is 6.10 Å². The summed E-state index contributed by atoms with van der Waals surface area (Å²) in [5, 5.41) is 8.90. The van der Waals surface area contributed by atoms with Gasteiger partial charge in [0.15, 0.2) is 0 Å². The quantitative estimate of drug-likeness (QED) is 0.130. The Kier molecular flexibility index (Phi) is 16.8. The van der Waals surface area contributed by atoms with E-state index in [2.05, 4.69) is 22.6 Å². The number of hydrogen-bond donors (Lipinski definition) is 1. The van der Waals surface area contributed by atoms with E-state index >= 15 is 0 Å². The number of carbonyl (C=O) groups excluding carboxylic acids is 1. The third kappa shape index (κ3) is 15.8. The predicted octanol–water partition coefficient (Wildman–Crippen LogP) is 5.67. The van der Waals surface area contributed by atoms with Crippen molar-refractivity contribution >= 4 is 5.97 Å². The molecule has 0 saturated carbocycles. The molecule has 0 heterocycles. The highest BCUT2D eigenvalue weighted by molar-refractivity contribution is 5.68. The van der Waals surface area contributed by atoms with Crippen molar-refractivity contribution in [2.24, 2.45) is 0 Å². The summed E-state index contributed by atoms with van der Waals surface area (Å²) < 4.78 is 4.61. The average molecular weight is 328 g/mol. The van der Waals surface area contributed by atoms with Crippen molar-refractivity contribution in [3.05, 3.63) is 12.2 Å². The standard InChI is InChI=1S/C19H36O4/c1-3-4-5-9-12-15-18(23-21)16-13-10-7-6-8-11-14-17-19(20)22-2/h13,16,18,21H,3-12,14-15,17H2,1-2H3. The SMILES string of the molecule is CCCCCCCC(C=CCCCCCCCC(=O)OC)OO. The Bertz CT molecular complexity index is 289. The topological polar surface area (TPSA) is 55.8 Å². The molecule has 0 bridgehead atoms. The molecule has 136 valence electrons. The van der Waals surface area contributed by atoms with Crippen molar-refractivity contribution in [3.63, 3.8) is 0 Å². The smallest absolute Gasteiger partial charge is 0.305 e. The van der Waals surface area contributed by atoms with Gasteiger partial charge < -0.3 is 4.74 Å². The molecule has 0 aromatic heterocycles. The first-order valence-electron chi connectivity index (χ1n) is 9.28. The summed E-state index contributed by atoms with van der Waals surface area (Å²) in [6, 6.07) is 0. The zero-order chi connectivity index (χ0) is 17.2. The lowest BCUT2D eigenvalue weighted by atomic mass is 10.1. The highest BCUT2D eigenvalue weighted by Gasteiger charge is 2.03. The van der Waals surface area contributed by atoms with E-state index in [1.807, 2.05) is 6.08 Å². The molecule has 0 spiro atoms. The minimum Gasteiger partial charge on any atom is -0.469 e. The zero-order valence-electron chi connectivity index (χ0n) is 15.1. The van der Waals surface area contributed by atoms with Crippen LogP contribution in [0.3, 0.4) is 0 Å². The molecule has 0 aliphatic heterocycles. The summed E-state index contributed by atoms with van der Waals surface area (Å²) in [4.78, 5) is 15.5. The molecule has 0 amide bonds. The first kappa shape index (κ1) is 22.1. The van der Waals surface area contributed by atoms with Crippen LogP contribution < -0.4 is 0 Å².